The summed E-state index contributed by atoms with van der Waals surface area (Å²) in [4.78, 5) is 24.5. The Bertz CT molecular complexity index is 246. The van der Waals surface area contributed by atoms with Crippen LogP contribution >= 0.6 is 0 Å². The maximum atomic E-state index is 11.7. The van der Waals surface area contributed by atoms with E-state index in [9.17, 15) is 9.59 Å². The van der Waals surface area contributed by atoms with Gasteiger partial charge in [0, 0.05) is 20.7 Å². The summed E-state index contributed by atoms with van der Waals surface area (Å²) in [6.45, 7) is 2.89. The van der Waals surface area contributed by atoms with Gasteiger partial charge in [-0.25, -0.2) is 0 Å². The van der Waals surface area contributed by atoms with Gasteiger partial charge in [-0.05, 0) is 6.42 Å². The molecule has 0 aromatic heterocycles. The van der Waals surface area contributed by atoms with Gasteiger partial charge in [-0.2, -0.15) is 0 Å². The minimum atomic E-state index is -0.517. The van der Waals surface area contributed by atoms with Crippen LogP contribution in [0.25, 0.3) is 0 Å². The minimum absolute atomic E-state index is 0.0277. The smallest absolute Gasteiger partial charge is 0.239 e. The Labute approximate surface area is 102 Å². The molecule has 2 amide bonds. The van der Waals surface area contributed by atoms with Crippen LogP contribution in [0.1, 0.15) is 19.8 Å². The number of methoxy groups -OCH3 is 1. The highest BCUT2D eigenvalue weighted by Gasteiger charge is 2.18. The number of hydrogen-bond acceptors (Lipinski definition) is 4. The highest BCUT2D eigenvalue weighted by molar-refractivity contribution is 5.87. The second-order valence-corrected chi connectivity index (χ2v) is 3.93. The Kier molecular flexibility index (Phi) is 8.35. The molecule has 0 bridgehead atoms. The predicted octanol–water partition coefficient (Wildman–Crippen LogP) is -0.665. The molecule has 0 aliphatic rings. The maximum absolute atomic E-state index is 11.7. The van der Waals surface area contributed by atoms with Crippen molar-refractivity contribution in [2.24, 2.45) is 5.73 Å². The van der Waals surface area contributed by atoms with E-state index in [-0.39, 0.29) is 18.4 Å². The molecule has 1 unspecified atom stereocenters. The molecule has 0 fully saturated rings. The molecule has 1 atom stereocenters. The highest BCUT2D eigenvalue weighted by Crippen LogP contribution is 1.97. The molecule has 0 aliphatic carbocycles. The van der Waals surface area contributed by atoms with Crippen molar-refractivity contribution >= 4 is 11.8 Å². The van der Waals surface area contributed by atoms with E-state index in [0.717, 1.165) is 6.42 Å². The van der Waals surface area contributed by atoms with E-state index < -0.39 is 6.04 Å². The molecule has 3 N–H and O–H groups in total. The lowest BCUT2D eigenvalue weighted by Crippen LogP contribution is -2.46. The molecule has 6 heteroatoms. The zero-order chi connectivity index (χ0) is 13.3. The summed E-state index contributed by atoms with van der Waals surface area (Å²) < 4.78 is 4.80. The van der Waals surface area contributed by atoms with Crippen LogP contribution < -0.4 is 11.1 Å². The minimum Gasteiger partial charge on any atom is -0.383 e. The first kappa shape index (κ1) is 15.9. The standard InChI is InChI=1S/C11H23N3O3/c1-4-5-9(12)11(16)14(2)8-10(15)13-6-7-17-3/h9H,4-8,12H2,1-3H3,(H,13,15). The molecule has 0 heterocycles. The summed E-state index contributed by atoms with van der Waals surface area (Å²) in [5, 5.41) is 2.64. The fourth-order valence-corrected chi connectivity index (χ4v) is 1.36. The van der Waals surface area contributed by atoms with Gasteiger partial charge < -0.3 is 20.7 Å². The summed E-state index contributed by atoms with van der Waals surface area (Å²) in [6.07, 6.45) is 1.48. The average molecular weight is 245 g/mol. The van der Waals surface area contributed by atoms with Crippen molar-refractivity contribution in [1.29, 1.82) is 0 Å². The van der Waals surface area contributed by atoms with Crippen molar-refractivity contribution in [3.8, 4) is 0 Å². The number of nitrogens with two attached hydrogens (primary N) is 1. The predicted molar refractivity (Wildman–Crippen MR) is 65.4 cm³/mol. The molecule has 17 heavy (non-hydrogen) atoms. The van der Waals surface area contributed by atoms with E-state index in [1.165, 1.54) is 4.90 Å². The first-order valence-electron chi connectivity index (χ1n) is 5.79. The van der Waals surface area contributed by atoms with Crippen molar-refractivity contribution in [2.75, 3.05) is 33.9 Å². The van der Waals surface area contributed by atoms with E-state index in [1.807, 2.05) is 6.92 Å². The Morgan fingerprint density at radius 2 is 2.12 bits per heavy atom. The van der Waals surface area contributed by atoms with Gasteiger partial charge in [-0.15, -0.1) is 0 Å². The van der Waals surface area contributed by atoms with Crippen molar-refractivity contribution < 1.29 is 14.3 Å². The number of carbonyl (C=O) groups is 2. The zero-order valence-electron chi connectivity index (χ0n) is 10.9. The van der Waals surface area contributed by atoms with E-state index >= 15 is 0 Å². The number of likely N-dealkylation sites (N-methyl/N-ethyl adjacent to an activating group) is 1. The average Bonchev–Trinajstić information content (AvgIpc) is 2.28. The maximum Gasteiger partial charge on any atom is 0.239 e. The van der Waals surface area contributed by atoms with Gasteiger partial charge in [0.1, 0.15) is 0 Å². The van der Waals surface area contributed by atoms with Crippen LogP contribution in [-0.2, 0) is 14.3 Å². The topological polar surface area (TPSA) is 84.7 Å². The molecule has 0 aliphatic heterocycles. The Morgan fingerprint density at radius 3 is 2.65 bits per heavy atom. The van der Waals surface area contributed by atoms with E-state index in [4.69, 9.17) is 10.5 Å². The lowest BCUT2D eigenvalue weighted by molar-refractivity contribution is -0.135. The number of carbonyl (C=O) groups excluding carboxylic acids is 2. The summed E-state index contributed by atoms with van der Waals surface area (Å²) in [5.41, 5.74) is 5.68. The summed E-state index contributed by atoms with van der Waals surface area (Å²) in [7, 11) is 3.14. The van der Waals surface area contributed by atoms with Gasteiger partial charge >= 0.3 is 0 Å². The molecular weight excluding hydrogens is 222 g/mol. The summed E-state index contributed by atoms with van der Waals surface area (Å²) in [6, 6.07) is -0.517. The van der Waals surface area contributed by atoms with Gasteiger partial charge in [0.15, 0.2) is 0 Å². The third-order valence-electron chi connectivity index (χ3n) is 2.30. The number of nitrogens with one attached hydrogen (secondary N) is 1. The van der Waals surface area contributed by atoms with Crippen molar-refractivity contribution in [1.82, 2.24) is 10.2 Å². The molecule has 0 radical (unpaired) electrons. The van der Waals surface area contributed by atoms with Crippen molar-refractivity contribution in [2.45, 2.75) is 25.8 Å². The number of rotatable bonds is 8. The molecule has 100 valence electrons. The second-order valence-electron chi connectivity index (χ2n) is 3.93. The quantitative estimate of drug-likeness (QED) is 0.556. The SMILES string of the molecule is CCCC(N)C(=O)N(C)CC(=O)NCCOC. The highest BCUT2D eigenvalue weighted by atomic mass is 16.5. The Balaban J connectivity index is 3.94. The van der Waals surface area contributed by atoms with E-state index in [2.05, 4.69) is 5.32 Å². The Morgan fingerprint density at radius 1 is 1.47 bits per heavy atom. The van der Waals surface area contributed by atoms with Gasteiger partial charge in [-0.3, -0.25) is 9.59 Å². The lowest BCUT2D eigenvalue weighted by Gasteiger charge is -2.20. The van der Waals surface area contributed by atoms with Gasteiger partial charge in [-0.1, -0.05) is 13.3 Å². The van der Waals surface area contributed by atoms with Crippen LogP contribution in [0.15, 0.2) is 0 Å². The van der Waals surface area contributed by atoms with Crippen LogP contribution in [0.2, 0.25) is 0 Å². The number of nitrogens with zero attached hydrogens (tertiary/aromatic N) is 1. The molecule has 0 rings (SSSR count). The monoisotopic (exact) mass is 245 g/mol. The molecule has 0 saturated heterocycles. The largest absolute Gasteiger partial charge is 0.383 e. The molecule has 6 nitrogen and oxygen atoms in total. The normalized spacial score (nSPS) is 12.0. The lowest BCUT2D eigenvalue weighted by atomic mass is 10.1. The summed E-state index contributed by atoms with van der Waals surface area (Å²) in [5.74, 6) is -0.407. The van der Waals surface area contributed by atoms with Crippen LogP contribution in [0.5, 0.6) is 0 Å². The molecule has 0 spiro atoms. The number of amides is 2. The molecule has 0 aromatic carbocycles. The van der Waals surface area contributed by atoms with E-state index in [0.29, 0.717) is 19.6 Å². The van der Waals surface area contributed by atoms with Gasteiger partial charge in [0.25, 0.3) is 0 Å². The third kappa shape index (κ3) is 6.91. The summed E-state index contributed by atoms with van der Waals surface area (Å²) >= 11 is 0. The van der Waals surface area contributed by atoms with Crippen LogP contribution in [0.4, 0.5) is 0 Å². The van der Waals surface area contributed by atoms with Crippen LogP contribution in [0, 0.1) is 0 Å². The van der Waals surface area contributed by atoms with Crippen LogP contribution in [0.3, 0.4) is 0 Å². The number of ether oxygens (including phenoxy) is 1. The van der Waals surface area contributed by atoms with Crippen LogP contribution in [-0.4, -0.2) is 56.6 Å². The Hall–Kier alpha value is -1.14. The number of hydrogen-bond donors (Lipinski definition) is 2. The first-order chi connectivity index (χ1) is 8.02. The second kappa shape index (κ2) is 8.95. The fraction of sp³-hybridized carbons (Fsp3) is 0.818. The fourth-order valence-electron chi connectivity index (χ4n) is 1.36. The first-order valence-corrected chi connectivity index (χ1v) is 5.79. The van der Waals surface area contributed by atoms with Gasteiger partial charge in [0.2, 0.25) is 11.8 Å². The van der Waals surface area contributed by atoms with Crippen molar-refractivity contribution in [3.05, 3.63) is 0 Å². The van der Waals surface area contributed by atoms with Crippen molar-refractivity contribution in [3.63, 3.8) is 0 Å². The molecule has 0 saturated carbocycles. The van der Waals surface area contributed by atoms with Gasteiger partial charge in [0.05, 0.1) is 19.2 Å². The zero-order valence-corrected chi connectivity index (χ0v) is 10.9. The third-order valence-corrected chi connectivity index (χ3v) is 2.30. The molecular formula is C11H23N3O3. The molecule has 0 aromatic rings. The van der Waals surface area contributed by atoms with E-state index in [1.54, 1.807) is 14.2 Å².